The number of rotatable bonds is 6. The van der Waals surface area contributed by atoms with Gasteiger partial charge in [0, 0.05) is 5.56 Å². The topological polar surface area (TPSA) is 79.1 Å². The van der Waals surface area contributed by atoms with Gasteiger partial charge in [0.15, 0.2) is 4.80 Å². The summed E-state index contributed by atoms with van der Waals surface area (Å²) in [5, 5.41) is 1.89. The minimum absolute atomic E-state index is 0.227. The van der Waals surface area contributed by atoms with Crippen molar-refractivity contribution in [1.29, 1.82) is 0 Å². The number of allylic oxidation sites excluding steroid dienone is 1. The molecule has 0 saturated heterocycles. The number of ether oxygens (including phenoxy) is 3. The van der Waals surface area contributed by atoms with Crippen LogP contribution in [-0.4, -0.2) is 31.4 Å². The zero-order chi connectivity index (χ0) is 27.0. The summed E-state index contributed by atoms with van der Waals surface area (Å²) in [6, 6.07) is 16.8. The summed E-state index contributed by atoms with van der Waals surface area (Å²) < 4.78 is 18.6. The van der Waals surface area contributed by atoms with E-state index in [2.05, 4.69) is 4.99 Å². The highest BCUT2D eigenvalue weighted by molar-refractivity contribution is 7.07. The van der Waals surface area contributed by atoms with E-state index in [0.717, 1.165) is 27.5 Å². The van der Waals surface area contributed by atoms with Crippen LogP contribution in [0.5, 0.6) is 11.5 Å². The van der Waals surface area contributed by atoms with Crippen molar-refractivity contribution in [3.05, 3.63) is 102 Å². The van der Waals surface area contributed by atoms with Crippen molar-refractivity contribution in [2.45, 2.75) is 26.8 Å². The fraction of sp³-hybridized carbons (Fsp3) is 0.233. The SMILES string of the molecule is CCOC(=O)C1=C(C)N=c2s/c(=C/c3c(OC)ccc4ccc(OC)cc34)c(=O)n2[C@H]1c1ccc(C)cc1. The molecule has 7 nitrogen and oxygen atoms in total. The van der Waals surface area contributed by atoms with E-state index in [0.29, 0.717) is 32.1 Å². The summed E-state index contributed by atoms with van der Waals surface area (Å²) in [6.07, 6.45) is 1.83. The Morgan fingerprint density at radius 2 is 1.79 bits per heavy atom. The molecule has 0 fully saturated rings. The first-order valence-electron chi connectivity index (χ1n) is 12.3. The predicted molar refractivity (Wildman–Crippen MR) is 149 cm³/mol. The van der Waals surface area contributed by atoms with Gasteiger partial charge in [0.1, 0.15) is 11.5 Å². The Morgan fingerprint density at radius 1 is 1.05 bits per heavy atom. The third-order valence-corrected chi connectivity index (χ3v) is 7.62. The van der Waals surface area contributed by atoms with Gasteiger partial charge in [0.25, 0.3) is 5.56 Å². The molecule has 1 aliphatic rings. The summed E-state index contributed by atoms with van der Waals surface area (Å²) in [4.78, 5) is 32.3. The standard InChI is InChI=1S/C30H28N2O5S/c1-6-37-29(34)26-18(3)31-30-32(27(26)20-9-7-17(2)8-10-20)28(33)25(38-30)16-23-22-15-21(35-4)13-11-19(22)12-14-24(23)36-5/h7-16,27H,6H2,1-5H3/b25-16+/t27-/m0/s1. The summed E-state index contributed by atoms with van der Waals surface area (Å²) >= 11 is 1.28. The van der Waals surface area contributed by atoms with E-state index < -0.39 is 12.0 Å². The van der Waals surface area contributed by atoms with E-state index >= 15 is 0 Å². The van der Waals surface area contributed by atoms with E-state index in [4.69, 9.17) is 14.2 Å². The molecule has 4 aromatic rings. The molecule has 194 valence electrons. The number of aromatic nitrogens is 1. The zero-order valence-electron chi connectivity index (χ0n) is 21.9. The van der Waals surface area contributed by atoms with E-state index in [1.807, 2.05) is 67.6 Å². The van der Waals surface area contributed by atoms with Crippen LogP contribution in [-0.2, 0) is 9.53 Å². The lowest BCUT2D eigenvalue weighted by Crippen LogP contribution is -2.39. The van der Waals surface area contributed by atoms with Gasteiger partial charge in [0.2, 0.25) is 0 Å². The van der Waals surface area contributed by atoms with Crippen LogP contribution in [0.2, 0.25) is 0 Å². The number of carbonyl (C=O) groups is 1. The van der Waals surface area contributed by atoms with Crippen LogP contribution < -0.4 is 24.4 Å². The van der Waals surface area contributed by atoms with Gasteiger partial charge in [-0.3, -0.25) is 9.36 Å². The lowest BCUT2D eigenvalue weighted by atomic mass is 9.95. The average molecular weight is 529 g/mol. The van der Waals surface area contributed by atoms with Crippen LogP contribution in [0.3, 0.4) is 0 Å². The number of aryl methyl sites for hydroxylation is 1. The number of methoxy groups -OCH3 is 2. The fourth-order valence-electron chi connectivity index (χ4n) is 4.74. The predicted octanol–water partition coefficient (Wildman–Crippen LogP) is 4.28. The summed E-state index contributed by atoms with van der Waals surface area (Å²) in [6.45, 7) is 5.77. The van der Waals surface area contributed by atoms with Gasteiger partial charge in [0.05, 0.1) is 42.7 Å². The molecule has 0 radical (unpaired) electrons. The summed E-state index contributed by atoms with van der Waals surface area (Å²) in [7, 11) is 3.22. The van der Waals surface area contributed by atoms with Crippen molar-refractivity contribution in [2.24, 2.45) is 4.99 Å². The molecule has 1 atom stereocenters. The van der Waals surface area contributed by atoms with Gasteiger partial charge in [-0.2, -0.15) is 0 Å². The molecule has 38 heavy (non-hydrogen) atoms. The molecule has 0 aliphatic carbocycles. The Hall–Kier alpha value is -4.17. The second-order valence-electron chi connectivity index (χ2n) is 8.98. The maximum atomic E-state index is 14.0. The Morgan fingerprint density at radius 3 is 2.47 bits per heavy atom. The average Bonchev–Trinajstić information content (AvgIpc) is 3.22. The Bertz CT molecular complexity index is 1760. The molecule has 8 heteroatoms. The molecule has 5 rings (SSSR count). The summed E-state index contributed by atoms with van der Waals surface area (Å²) in [5.41, 5.74) is 3.32. The molecular formula is C30H28N2O5S. The van der Waals surface area contributed by atoms with Crippen LogP contribution in [0.25, 0.3) is 16.8 Å². The molecule has 0 N–H and O–H groups in total. The van der Waals surface area contributed by atoms with Gasteiger partial charge in [-0.1, -0.05) is 53.3 Å². The van der Waals surface area contributed by atoms with Gasteiger partial charge >= 0.3 is 5.97 Å². The number of benzene rings is 3. The molecule has 0 amide bonds. The van der Waals surface area contributed by atoms with Gasteiger partial charge in [-0.05, 0) is 61.4 Å². The van der Waals surface area contributed by atoms with Crippen molar-refractivity contribution < 1.29 is 19.0 Å². The van der Waals surface area contributed by atoms with Gasteiger partial charge in [-0.15, -0.1) is 0 Å². The molecule has 1 aromatic heterocycles. The Labute approximate surface area is 223 Å². The first kappa shape index (κ1) is 25.5. The lowest BCUT2D eigenvalue weighted by molar-refractivity contribution is -0.139. The first-order chi connectivity index (χ1) is 18.4. The van der Waals surface area contributed by atoms with Gasteiger partial charge < -0.3 is 14.2 Å². The maximum Gasteiger partial charge on any atom is 0.338 e. The number of esters is 1. The molecule has 1 aliphatic heterocycles. The van der Waals surface area contributed by atoms with E-state index in [-0.39, 0.29) is 12.2 Å². The monoisotopic (exact) mass is 528 g/mol. The molecule has 0 unspecified atom stereocenters. The number of hydrogen-bond donors (Lipinski definition) is 0. The van der Waals surface area contributed by atoms with Crippen LogP contribution in [0.1, 0.15) is 36.6 Å². The second-order valence-corrected chi connectivity index (χ2v) is 9.99. The molecular weight excluding hydrogens is 500 g/mol. The normalized spacial score (nSPS) is 15.3. The second kappa shape index (κ2) is 10.3. The van der Waals surface area contributed by atoms with Crippen LogP contribution in [0, 0.1) is 6.92 Å². The smallest absolute Gasteiger partial charge is 0.338 e. The molecule has 0 bridgehead atoms. The number of nitrogens with zero attached hydrogens (tertiary/aromatic N) is 2. The van der Waals surface area contributed by atoms with E-state index in [1.165, 1.54) is 11.3 Å². The Kier molecular flexibility index (Phi) is 6.91. The van der Waals surface area contributed by atoms with Crippen molar-refractivity contribution in [3.8, 4) is 11.5 Å². The van der Waals surface area contributed by atoms with Crippen molar-refractivity contribution in [1.82, 2.24) is 4.57 Å². The first-order valence-corrected chi connectivity index (χ1v) is 13.1. The number of thiazole rings is 1. The zero-order valence-corrected chi connectivity index (χ0v) is 22.7. The Balaban J connectivity index is 1.78. The van der Waals surface area contributed by atoms with Crippen LogP contribution in [0.15, 0.2) is 75.7 Å². The number of hydrogen-bond acceptors (Lipinski definition) is 7. The molecule has 3 aromatic carbocycles. The van der Waals surface area contributed by atoms with E-state index in [9.17, 15) is 9.59 Å². The van der Waals surface area contributed by atoms with Crippen LogP contribution >= 0.6 is 11.3 Å². The number of carbonyl (C=O) groups excluding carboxylic acids is 1. The lowest BCUT2D eigenvalue weighted by Gasteiger charge is -2.24. The third kappa shape index (κ3) is 4.41. The third-order valence-electron chi connectivity index (χ3n) is 6.64. The highest BCUT2D eigenvalue weighted by Gasteiger charge is 2.33. The highest BCUT2D eigenvalue weighted by atomic mass is 32.1. The van der Waals surface area contributed by atoms with Crippen molar-refractivity contribution in [2.75, 3.05) is 20.8 Å². The highest BCUT2D eigenvalue weighted by Crippen LogP contribution is 2.33. The minimum Gasteiger partial charge on any atom is -0.497 e. The number of fused-ring (bicyclic) bond motifs is 2. The van der Waals surface area contributed by atoms with Crippen LogP contribution in [0.4, 0.5) is 0 Å². The quantitative estimate of drug-likeness (QED) is 0.349. The van der Waals surface area contributed by atoms with Crippen molar-refractivity contribution in [3.63, 3.8) is 0 Å². The summed E-state index contributed by atoms with van der Waals surface area (Å²) in [5.74, 6) is 0.863. The van der Waals surface area contributed by atoms with E-state index in [1.54, 1.807) is 32.6 Å². The molecule has 0 saturated carbocycles. The van der Waals surface area contributed by atoms with Gasteiger partial charge in [-0.25, -0.2) is 9.79 Å². The fourth-order valence-corrected chi connectivity index (χ4v) is 5.77. The largest absolute Gasteiger partial charge is 0.497 e. The minimum atomic E-state index is -0.650. The van der Waals surface area contributed by atoms with Crippen molar-refractivity contribution >= 4 is 34.2 Å². The molecule has 0 spiro atoms. The molecule has 2 heterocycles. The maximum absolute atomic E-state index is 14.0.